The van der Waals surface area contributed by atoms with E-state index in [0.29, 0.717) is 23.8 Å². The molecule has 1 amide bonds. The van der Waals surface area contributed by atoms with Crippen molar-refractivity contribution in [2.24, 2.45) is 0 Å². The van der Waals surface area contributed by atoms with Gasteiger partial charge in [-0.25, -0.2) is 0 Å². The predicted molar refractivity (Wildman–Crippen MR) is 121 cm³/mol. The largest absolute Gasteiger partial charge is 0.329 e. The maximum Gasteiger partial charge on any atom is 0.273 e. The van der Waals surface area contributed by atoms with Gasteiger partial charge in [0, 0.05) is 47.7 Å². The molecule has 1 aliphatic rings. The average Bonchev–Trinajstić information content (AvgIpc) is 3.11. The number of hydrogen-bond donors (Lipinski definition) is 0. The molecule has 0 N–H and O–H groups in total. The Kier molecular flexibility index (Phi) is 5.77. The normalized spacial score (nSPS) is 12.5. The molecule has 4 nitrogen and oxygen atoms in total. The van der Waals surface area contributed by atoms with E-state index in [-0.39, 0.29) is 5.91 Å². The number of aromatic nitrogens is 2. The summed E-state index contributed by atoms with van der Waals surface area (Å²) in [7, 11) is 0. The summed E-state index contributed by atoms with van der Waals surface area (Å²) < 4.78 is 0. The fraction of sp³-hybridized carbons (Fsp3) is 0.160. The lowest BCUT2D eigenvalue weighted by Gasteiger charge is -2.17. The van der Waals surface area contributed by atoms with Gasteiger partial charge in [0.15, 0.2) is 0 Å². The third kappa shape index (κ3) is 3.79. The second-order valence-corrected chi connectivity index (χ2v) is 7.32. The summed E-state index contributed by atoms with van der Waals surface area (Å²) in [5.41, 5.74) is 4.58. The van der Waals surface area contributed by atoms with Crippen LogP contribution in [0.1, 0.15) is 35.5 Å². The summed E-state index contributed by atoms with van der Waals surface area (Å²) in [6, 6.07) is 18.1. The van der Waals surface area contributed by atoms with Crippen LogP contribution in [0.2, 0.25) is 5.02 Å². The molecular formula is C25H22ClN3O. The summed E-state index contributed by atoms with van der Waals surface area (Å²) in [5.74, 6) is -0.0427. The standard InChI is InChI=1S/C23H16ClN3O.C2H6/c24-21-11-16(15-3-5-18-12-25-9-7-17(18)10-15)4-6-19(21)13-27-14-20-2-1-8-26-22(20)23(27)28;1-2/h1-12H,13-14H2;1-2H3. The van der Waals surface area contributed by atoms with Crippen molar-refractivity contribution in [1.82, 2.24) is 14.9 Å². The van der Waals surface area contributed by atoms with Crippen LogP contribution in [0.4, 0.5) is 0 Å². The van der Waals surface area contributed by atoms with E-state index in [2.05, 4.69) is 34.2 Å². The minimum atomic E-state index is -0.0427. The topological polar surface area (TPSA) is 46.1 Å². The molecule has 150 valence electrons. The molecule has 2 aromatic carbocycles. The molecule has 1 aliphatic heterocycles. The van der Waals surface area contributed by atoms with Crippen molar-refractivity contribution < 1.29 is 4.79 Å². The highest BCUT2D eigenvalue weighted by Gasteiger charge is 2.28. The molecular weight excluding hydrogens is 394 g/mol. The molecule has 3 heterocycles. The number of carbonyl (C=O) groups is 1. The molecule has 0 spiro atoms. The molecule has 0 atom stereocenters. The number of amides is 1. The summed E-state index contributed by atoms with van der Waals surface area (Å²) >= 11 is 6.57. The van der Waals surface area contributed by atoms with E-state index in [4.69, 9.17) is 11.6 Å². The summed E-state index contributed by atoms with van der Waals surface area (Å²) in [6.45, 7) is 5.04. The molecule has 5 heteroatoms. The quantitative estimate of drug-likeness (QED) is 0.404. The van der Waals surface area contributed by atoms with Gasteiger partial charge in [-0.3, -0.25) is 14.8 Å². The van der Waals surface area contributed by atoms with E-state index in [1.807, 2.05) is 50.4 Å². The van der Waals surface area contributed by atoms with E-state index in [9.17, 15) is 4.79 Å². The van der Waals surface area contributed by atoms with E-state index >= 15 is 0 Å². The fourth-order valence-electron chi connectivity index (χ4n) is 3.64. The second kappa shape index (κ2) is 8.64. The lowest BCUT2D eigenvalue weighted by molar-refractivity contribution is 0.0762. The Balaban J connectivity index is 0.00000106. The number of fused-ring (bicyclic) bond motifs is 2. The van der Waals surface area contributed by atoms with Crippen molar-refractivity contribution >= 4 is 28.3 Å². The zero-order valence-electron chi connectivity index (χ0n) is 17.0. The van der Waals surface area contributed by atoms with Crippen LogP contribution in [0.15, 0.2) is 73.2 Å². The van der Waals surface area contributed by atoms with Gasteiger partial charge in [-0.15, -0.1) is 0 Å². The van der Waals surface area contributed by atoms with Gasteiger partial charge in [0.25, 0.3) is 5.91 Å². The summed E-state index contributed by atoms with van der Waals surface area (Å²) in [6.07, 6.45) is 5.30. The Morgan fingerprint density at radius 3 is 2.57 bits per heavy atom. The maximum absolute atomic E-state index is 12.5. The molecule has 0 saturated carbocycles. The minimum absolute atomic E-state index is 0.0427. The molecule has 0 bridgehead atoms. The van der Waals surface area contributed by atoms with Gasteiger partial charge in [-0.1, -0.05) is 55.8 Å². The van der Waals surface area contributed by atoms with Crippen molar-refractivity contribution in [2.45, 2.75) is 26.9 Å². The zero-order chi connectivity index (χ0) is 21.1. The lowest BCUT2D eigenvalue weighted by Crippen LogP contribution is -2.23. The molecule has 4 aromatic rings. The van der Waals surface area contributed by atoms with Crippen molar-refractivity contribution in [3.63, 3.8) is 0 Å². The minimum Gasteiger partial charge on any atom is -0.329 e. The predicted octanol–water partition coefficient (Wildman–Crippen LogP) is 6.13. The van der Waals surface area contributed by atoms with Gasteiger partial charge in [0.05, 0.1) is 0 Å². The number of carbonyl (C=O) groups excluding carboxylic acids is 1. The van der Waals surface area contributed by atoms with Gasteiger partial charge >= 0.3 is 0 Å². The Bertz CT molecular complexity index is 1220. The van der Waals surface area contributed by atoms with Gasteiger partial charge in [-0.2, -0.15) is 0 Å². The highest BCUT2D eigenvalue weighted by Crippen LogP contribution is 2.30. The third-order valence-corrected chi connectivity index (χ3v) is 5.48. The number of hydrogen-bond acceptors (Lipinski definition) is 3. The van der Waals surface area contributed by atoms with E-state index in [1.165, 1.54) is 0 Å². The number of pyridine rings is 2. The van der Waals surface area contributed by atoms with Crippen LogP contribution in [0.5, 0.6) is 0 Å². The average molecular weight is 416 g/mol. The van der Waals surface area contributed by atoms with Gasteiger partial charge in [0.2, 0.25) is 0 Å². The van der Waals surface area contributed by atoms with Crippen LogP contribution in [-0.4, -0.2) is 20.8 Å². The van der Waals surface area contributed by atoms with Crippen LogP contribution in [0.25, 0.3) is 21.9 Å². The first-order valence-electron chi connectivity index (χ1n) is 10.0. The van der Waals surface area contributed by atoms with Crippen molar-refractivity contribution in [2.75, 3.05) is 0 Å². The van der Waals surface area contributed by atoms with Crippen molar-refractivity contribution in [1.29, 1.82) is 0 Å². The van der Waals surface area contributed by atoms with E-state index in [1.54, 1.807) is 17.3 Å². The van der Waals surface area contributed by atoms with Crippen molar-refractivity contribution in [3.05, 3.63) is 95.0 Å². The van der Waals surface area contributed by atoms with Gasteiger partial charge in [0.1, 0.15) is 5.69 Å². The Labute approximate surface area is 181 Å². The third-order valence-electron chi connectivity index (χ3n) is 5.13. The number of halogens is 1. The molecule has 2 aromatic heterocycles. The Morgan fingerprint density at radius 2 is 1.77 bits per heavy atom. The van der Waals surface area contributed by atoms with Crippen LogP contribution < -0.4 is 0 Å². The first-order chi connectivity index (χ1) is 14.7. The first kappa shape index (κ1) is 20.0. The fourth-order valence-corrected chi connectivity index (χ4v) is 3.88. The molecule has 0 unspecified atom stereocenters. The Hall–Kier alpha value is -3.24. The van der Waals surface area contributed by atoms with E-state index in [0.717, 1.165) is 33.0 Å². The van der Waals surface area contributed by atoms with Crippen LogP contribution in [-0.2, 0) is 13.1 Å². The first-order valence-corrected chi connectivity index (χ1v) is 10.4. The van der Waals surface area contributed by atoms with E-state index < -0.39 is 0 Å². The second-order valence-electron chi connectivity index (χ2n) is 6.92. The molecule has 0 fully saturated rings. The van der Waals surface area contributed by atoms with Gasteiger partial charge < -0.3 is 4.90 Å². The highest BCUT2D eigenvalue weighted by atomic mass is 35.5. The monoisotopic (exact) mass is 415 g/mol. The van der Waals surface area contributed by atoms with Crippen LogP contribution in [0.3, 0.4) is 0 Å². The number of nitrogens with zero attached hydrogens (tertiary/aromatic N) is 3. The van der Waals surface area contributed by atoms with Gasteiger partial charge in [-0.05, 0) is 46.3 Å². The maximum atomic E-state index is 12.5. The number of rotatable bonds is 3. The molecule has 0 radical (unpaired) electrons. The number of benzene rings is 2. The zero-order valence-corrected chi connectivity index (χ0v) is 17.7. The summed E-state index contributed by atoms with van der Waals surface area (Å²) in [4.78, 5) is 22.7. The molecule has 0 aliphatic carbocycles. The Morgan fingerprint density at radius 1 is 0.967 bits per heavy atom. The van der Waals surface area contributed by atoms with Crippen LogP contribution in [0, 0.1) is 0 Å². The highest BCUT2D eigenvalue weighted by molar-refractivity contribution is 6.31. The SMILES string of the molecule is CC.O=C1c2ncccc2CN1Cc1ccc(-c2ccc3cnccc3c2)cc1Cl. The molecule has 30 heavy (non-hydrogen) atoms. The summed E-state index contributed by atoms with van der Waals surface area (Å²) in [5, 5.41) is 2.90. The van der Waals surface area contributed by atoms with Crippen molar-refractivity contribution in [3.8, 4) is 11.1 Å². The molecule has 0 saturated heterocycles. The smallest absolute Gasteiger partial charge is 0.273 e. The molecule has 5 rings (SSSR count). The van der Waals surface area contributed by atoms with Crippen LogP contribution >= 0.6 is 11.6 Å². The lowest BCUT2D eigenvalue weighted by atomic mass is 10.0.